The van der Waals surface area contributed by atoms with E-state index in [-0.39, 0.29) is 35.1 Å². The van der Waals surface area contributed by atoms with Gasteiger partial charge in [0.15, 0.2) is 0 Å². The number of nitrogens with zero attached hydrogens (tertiary/aromatic N) is 1. The van der Waals surface area contributed by atoms with Gasteiger partial charge in [0, 0.05) is 25.2 Å². The maximum atomic E-state index is 13.3. The number of hydrogen-bond acceptors (Lipinski definition) is 5. The van der Waals surface area contributed by atoms with Gasteiger partial charge < -0.3 is 14.8 Å². The molecule has 1 aliphatic rings. The van der Waals surface area contributed by atoms with Crippen LogP contribution in [0.2, 0.25) is 0 Å². The molecule has 1 heterocycles. The lowest BCUT2D eigenvalue weighted by Crippen LogP contribution is -2.47. The molecule has 0 aliphatic carbocycles. The van der Waals surface area contributed by atoms with Crippen molar-refractivity contribution in [2.45, 2.75) is 43.5 Å². The molecule has 174 valence electrons. The Labute approximate surface area is 190 Å². The topological polar surface area (TPSA) is 84.9 Å². The first-order valence-corrected chi connectivity index (χ1v) is 12.4. The second-order valence-corrected chi connectivity index (χ2v) is 10.1. The Morgan fingerprint density at radius 2 is 1.91 bits per heavy atom. The maximum absolute atomic E-state index is 13.3. The van der Waals surface area contributed by atoms with Gasteiger partial charge >= 0.3 is 0 Å². The van der Waals surface area contributed by atoms with Crippen molar-refractivity contribution in [3.05, 3.63) is 54.1 Å². The van der Waals surface area contributed by atoms with Crippen LogP contribution in [0.15, 0.2) is 53.4 Å². The average Bonchev–Trinajstić information content (AvgIpc) is 2.83. The molecule has 2 aromatic rings. The molecule has 2 aromatic carbocycles. The monoisotopic (exact) mass is 460 g/mol. The van der Waals surface area contributed by atoms with Gasteiger partial charge in [0.05, 0.1) is 20.1 Å². The van der Waals surface area contributed by atoms with Crippen molar-refractivity contribution in [2.24, 2.45) is 5.92 Å². The molecule has 0 saturated carbocycles. The van der Waals surface area contributed by atoms with Crippen molar-refractivity contribution < 1.29 is 22.7 Å². The third-order valence-corrected chi connectivity index (χ3v) is 7.73. The fourth-order valence-electron chi connectivity index (χ4n) is 3.96. The molecule has 1 N–H and O–H groups in total. The van der Waals surface area contributed by atoms with Crippen LogP contribution < -0.4 is 14.8 Å². The first kappa shape index (κ1) is 24.1. The number of aryl methyl sites for hydroxylation is 1. The highest BCUT2D eigenvalue weighted by molar-refractivity contribution is 7.89. The molecule has 3 rings (SSSR count). The van der Waals surface area contributed by atoms with Gasteiger partial charge in [-0.25, -0.2) is 8.42 Å². The molecule has 0 bridgehead atoms. The summed E-state index contributed by atoms with van der Waals surface area (Å²) in [5.41, 5.74) is 1.23. The molecule has 1 saturated heterocycles. The summed E-state index contributed by atoms with van der Waals surface area (Å²) >= 11 is 0. The highest BCUT2D eigenvalue weighted by Gasteiger charge is 2.35. The summed E-state index contributed by atoms with van der Waals surface area (Å²) in [5, 5.41) is 3.07. The number of carbonyl (C=O) groups excluding carboxylic acids is 1. The fourth-order valence-corrected chi connectivity index (χ4v) is 5.65. The maximum Gasteiger partial charge on any atom is 0.246 e. The van der Waals surface area contributed by atoms with Crippen molar-refractivity contribution in [3.8, 4) is 11.5 Å². The summed E-state index contributed by atoms with van der Waals surface area (Å²) in [6.45, 7) is 2.51. The largest absolute Gasteiger partial charge is 0.497 e. The molecule has 7 nitrogen and oxygen atoms in total. The zero-order valence-electron chi connectivity index (χ0n) is 18.9. The summed E-state index contributed by atoms with van der Waals surface area (Å²) in [5.74, 6) is 0.215. The van der Waals surface area contributed by atoms with Crippen LogP contribution in [0.1, 0.15) is 31.7 Å². The third kappa shape index (κ3) is 5.81. The van der Waals surface area contributed by atoms with Crippen molar-refractivity contribution in [3.63, 3.8) is 0 Å². The Morgan fingerprint density at radius 3 is 2.59 bits per heavy atom. The van der Waals surface area contributed by atoms with Gasteiger partial charge in [-0.3, -0.25) is 4.79 Å². The minimum absolute atomic E-state index is 0.00756. The highest BCUT2D eigenvalue weighted by atomic mass is 32.2. The molecule has 1 aliphatic heterocycles. The fraction of sp³-hybridized carbons (Fsp3) is 0.458. The van der Waals surface area contributed by atoms with Gasteiger partial charge in [0.2, 0.25) is 15.9 Å². The Balaban J connectivity index is 1.64. The van der Waals surface area contributed by atoms with Crippen LogP contribution >= 0.6 is 0 Å². The molecular formula is C24H32N2O5S. The lowest BCUT2D eigenvalue weighted by molar-refractivity contribution is -0.126. The van der Waals surface area contributed by atoms with Gasteiger partial charge in [-0.15, -0.1) is 0 Å². The minimum Gasteiger partial charge on any atom is -0.497 e. The van der Waals surface area contributed by atoms with E-state index < -0.39 is 10.0 Å². The molecule has 0 radical (unpaired) electrons. The third-order valence-electron chi connectivity index (χ3n) is 5.84. The summed E-state index contributed by atoms with van der Waals surface area (Å²) in [7, 11) is -0.911. The van der Waals surface area contributed by atoms with E-state index in [9.17, 15) is 13.2 Å². The van der Waals surface area contributed by atoms with Gasteiger partial charge in [-0.2, -0.15) is 4.31 Å². The molecule has 1 amide bonds. The predicted octanol–water partition coefficient (Wildman–Crippen LogP) is 3.24. The zero-order chi connectivity index (χ0) is 23.1. The van der Waals surface area contributed by atoms with Crippen LogP contribution in [-0.4, -0.2) is 52.0 Å². The minimum atomic E-state index is -3.83. The molecule has 0 unspecified atom stereocenters. The van der Waals surface area contributed by atoms with Crippen molar-refractivity contribution in [1.82, 2.24) is 9.62 Å². The van der Waals surface area contributed by atoms with E-state index in [1.54, 1.807) is 12.1 Å². The van der Waals surface area contributed by atoms with E-state index >= 15 is 0 Å². The SMILES string of the molecule is COc1ccc(OC)c(S(=O)(=O)N2CCC[C@H](C(=O)N[C@@H](C)CCc3ccccc3)C2)c1. The molecule has 0 aromatic heterocycles. The standard InChI is InChI=1S/C24H32N2O5S/c1-18(11-12-19-8-5-4-6-9-19)25-24(27)20-10-7-15-26(17-20)32(28,29)23-16-21(30-2)13-14-22(23)31-3/h4-6,8-9,13-14,16,18,20H,7,10-12,15,17H2,1-3H3,(H,25,27)/t18-,20-/m0/s1. The highest BCUT2D eigenvalue weighted by Crippen LogP contribution is 2.32. The molecule has 2 atom stereocenters. The van der Waals surface area contributed by atoms with Gasteiger partial charge in [0.25, 0.3) is 0 Å². The Morgan fingerprint density at radius 1 is 1.16 bits per heavy atom. The van der Waals surface area contributed by atoms with Crippen LogP contribution in [-0.2, 0) is 21.2 Å². The van der Waals surface area contributed by atoms with E-state index in [1.165, 1.54) is 30.2 Å². The quantitative estimate of drug-likeness (QED) is 0.621. The Hall–Kier alpha value is -2.58. The smallest absolute Gasteiger partial charge is 0.246 e. The molecule has 0 spiro atoms. The zero-order valence-corrected chi connectivity index (χ0v) is 19.7. The number of hydrogen-bond donors (Lipinski definition) is 1. The predicted molar refractivity (Wildman–Crippen MR) is 123 cm³/mol. The van der Waals surface area contributed by atoms with E-state index in [2.05, 4.69) is 17.4 Å². The number of ether oxygens (including phenoxy) is 2. The first-order chi connectivity index (χ1) is 15.3. The Bertz CT molecular complexity index is 1010. The second kappa shape index (κ2) is 10.8. The van der Waals surface area contributed by atoms with E-state index in [0.717, 1.165) is 12.8 Å². The number of piperidine rings is 1. The van der Waals surface area contributed by atoms with E-state index in [4.69, 9.17) is 9.47 Å². The van der Waals surface area contributed by atoms with Gasteiger partial charge in [0.1, 0.15) is 16.4 Å². The summed E-state index contributed by atoms with van der Waals surface area (Å²) in [6.07, 6.45) is 3.00. The molecular weight excluding hydrogens is 428 g/mol. The lowest BCUT2D eigenvalue weighted by Gasteiger charge is -2.32. The Kier molecular flexibility index (Phi) is 8.15. The van der Waals surface area contributed by atoms with Crippen LogP contribution in [0.3, 0.4) is 0 Å². The first-order valence-electron chi connectivity index (χ1n) is 10.9. The molecule has 1 fully saturated rings. The van der Waals surface area contributed by atoms with Crippen LogP contribution in [0.25, 0.3) is 0 Å². The van der Waals surface area contributed by atoms with Crippen molar-refractivity contribution in [1.29, 1.82) is 0 Å². The normalized spacial score (nSPS) is 18.0. The summed E-state index contributed by atoms with van der Waals surface area (Å²) in [6, 6.07) is 14.8. The number of nitrogens with one attached hydrogen (secondary N) is 1. The van der Waals surface area contributed by atoms with Crippen LogP contribution in [0, 0.1) is 5.92 Å². The van der Waals surface area contributed by atoms with E-state index in [1.807, 2.05) is 25.1 Å². The lowest BCUT2D eigenvalue weighted by atomic mass is 9.98. The second-order valence-electron chi connectivity index (χ2n) is 8.15. The van der Waals surface area contributed by atoms with Crippen molar-refractivity contribution >= 4 is 15.9 Å². The van der Waals surface area contributed by atoms with Crippen LogP contribution in [0.5, 0.6) is 11.5 Å². The number of sulfonamides is 1. The van der Waals surface area contributed by atoms with Crippen molar-refractivity contribution in [2.75, 3.05) is 27.3 Å². The number of carbonyl (C=O) groups is 1. The number of rotatable bonds is 9. The summed E-state index contributed by atoms with van der Waals surface area (Å²) < 4.78 is 38.5. The number of methoxy groups -OCH3 is 2. The van der Waals surface area contributed by atoms with Crippen LogP contribution in [0.4, 0.5) is 0 Å². The van der Waals surface area contributed by atoms with Gasteiger partial charge in [-0.1, -0.05) is 30.3 Å². The van der Waals surface area contributed by atoms with Gasteiger partial charge in [-0.05, 0) is 50.3 Å². The molecule has 32 heavy (non-hydrogen) atoms. The number of benzene rings is 2. The van der Waals surface area contributed by atoms with E-state index in [0.29, 0.717) is 25.1 Å². The molecule has 8 heteroatoms. The summed E-state index contributed by atoms with van der Waals surface area (Å²) in [4.78, 5) is 12.9. The number of amides is 1. The average molecular weight is 461 g/mol.